The zero-order valence-corrected chi connectivity index (χ0v) is 21.8. The number of methoxy groups -OCH3 is 1. The van der Waals surface area contributed by atoms with Crippen molar-refractivity contribution in [1.82, 2.24) is 10.2 Å². The fourth-order valence-electron chi connectivity index (χ4n) is 4.19. The molecular formula is C27H32N4O5S. The van der Waals surface area contributed by atoms with Gasteiger partial charge in [0.15, 0.2) is 0 Å². The van der Waals surface area contributed by atoms with Gasteiger partial charge in [0.1, 0.15) is 17.2 Å². The third-order valence-electron chi connectivity index (χ3n) is 6.00. The van der Waals surface area contributed by atoms with Crippen LogP contribution in [0.25, 0.3) is 0 Å². The van der Waals surface area contributed by atoms with E-state index in [1.807, 2.05) is 48.5 Å². The largest absolute Gasteiger partial charge is 0.495 e. The molecule has 1 aliphatic heterocycles. The van der Waals surface area contributed by atoms with Crippen LogP contribution < -0.4 is 24.8 Å². The van der Waals surface area contributed by atoms with E-state index in [1.54, 1.807) is 31.4 Å². The third kappa shape index (κ3) is 8.12. The summed E-state index contributed by atoms with van der Waals surface area (Å²) in [6.07, 6.45) is 2.87. The van der Waals surface area contributed by atoms with Gasteiger partial charge in [-0.1, -0.05) is 24.3 Å². The van der Waals surface area contributed by atoms with Gasteiger partial charge in [-0.15, -0.1) is 0 Å². The van der Waals surface area contributed by atoms with Crippen molar-refractivity contribution in [3.05, 3.63) is 78.4 Å². The lowest BCUT2D eigenvalue weighted by atomic mass is 10.0. The molecular weight excluding hydrogens is 492 g/mol. The number of rotatable bonds is 9. The summed E-state index contributed by atoms with van der Waals surface area (Å²) in [4.78, 5) is 14.8. The molecule has 0 saturated carbocycles. The Morgan fingerprint density at radius 2 is 1.57 bits per heavy atom. The Kier molecular flexibility index (Phi) is 8.52. The van der Waals surface area contributed by atoms with E-state index in [9.17, 15) is 13.2 Å². The van der Waals surface area contributed by atoms with Crippen LogP contribution >= 0.6 is 0 Å². The minimum Gasteiger partial charge on any atom is -0.495 e. The van der Waals surface area contributed by atoms with Gasteiger partial charge >= 0.3 is 6.03 Å². The number of piperidine rings is 1. The highest BCUT2D eigenvalue weighted by atomic mass is 32.2. The van der Waals surface area contributed by atoms with Crippen molar-refractivity contribution in [1.29, 1.82) is 0 Å². The molecule has 0 spiro atoms. The van der Waals surface area contributed by atoms with Crippen LogP contribution in [0, 0.1) is 0 Å². The minimum atomic E-state index is -3.31. The molecule has 0 unspecified atom stereocenters. The maximum absolute atomic E-state index is 12.4. The van der Waals surface area contributed by atoms with Crippen molar-refractivity contribution in [2.24, 2.45) is 0 Å². The second-order valence-corrected chi connectivity index (χ2v) is 10.7. The molecule has 1 aliphatic rings. The monoisotopic (exact) mass is 524 g/mol. The number of anilines is 2. The molecule has 37 heavy (non-hydrogen) atoms. The molecule has 0 atom stereocenters. The number of nitrogens with zero attached hydrogens (tertiary/aromatic N) is 1. The summed E-state index contributed by atoms with van der Waals surface area (Å²) in [6.45, 7) is 2.61. The van der Waals surface area contributed by atoms with Crippen molar-refractivity contribution < 1.29 is 22.7 Å². The predicted octanol–water partition coefficient (Wildman–Crippen LogP) is 4.65. The van der Waals surface area contributed by atoms with E-state index in [0.29, 0.717) is 28.6 Å². The van der Waals surface area contributed by atoms with Gasteiger partial charge in [-0.05, 0) is 66.9 Å². The maximum Gasteiger partial charge on any atom is 0.319 e. The summed E-state index contributed by atoms with van der Waals surface area (Å²) in [5, 5.41) is 5.93. The van der Waals surface area contributed by atoms with E-state index >= 15 is 0 Å². The Labute approximate surface area is 217 Å². The van der Waals surface area contributed by atoms with Crippen LogP contribution in [-0.4, -0.2) is 51.8 Å². The number of ether oxygens (including phenoxy) is 2. The first kappa shape index (κ1) is 26.3. The van der Waals surface area contributed by atoms with Crippen LogP contribution in [0.2, 0.25) is 0 Å². The predicted molar refractivity (Wildman–Crippen MR) is 145 cm³/mol. The summed E-state index contributed by atoms with van der Waals surface area (Å²) >= 11 is 0. The quantitative estimate of drug-likeness (QED) is 0.376. The first-order chi connectivity index (χ1) is 17.8. The van der Waals surface area contributed by atoms with Gasteiger partial charge in [-0.3, -0.25) is 9.62 Å². The Morgan fingerprint density at radius 1 is 0.946 bits per heavy atom. The number of hydrogen-bond donors (Lipinski definition) is 3. The lowest BCUT2D eigenvalue weighted by molar-refractivity contribution is 0.190. The number of hydrogen-bond acceptors (Lipinski definition) is 6. The molecule has 9 nitrogen and oxygen atoms in total. The Bertz CT molecular complexity index is 1290. The fraction of sp³-hybridized carbons (Fsp3) is 0.296. The van der Waals surface area contributed by atoms with E-state index in [-0.39, 0.29) is 12.1 Å². The lowest BCUT2D eigenvalue weighted by Gasteiger charge is -2.32. The molecule has 3 aromatic rings. The van der Waals surface area contributed by atoms with E-state index < -0.39 is 10.0 Å². The standard InChI is InChI=1S/C27H32N4O5S/c1-35-26-6-4-3-5-25(26)29-27(32)28-21-15-17-31(18-16-21)19-20-7-11-23(12-8-20)36-24-13-9-22(10-14-24)30-37(2,33)34/h3-14,21,30H,15-19H2,1-2H3,(H2,28,29,32). The van der Waals surface area contributed by atoms with Crippen LogP contribution in [0.3, 0.4) is 0 Å². The first-order valence-electron chi connectivity index (χ1n) is 12.0. The highest BCUT2D eigenvalue weighted by Crippen LogP contribution is 2.25. The number of para-hydroxylation sites is 2. The van der Waals surface area contributed by atoms with Crippen molar-refractivity contribution in [2.75, 3.05) is 36.5 Å². The summed E-state index contributed by atoms with van der Waals surface area (Å²) in [7, 11) is -1.73. The molecule has 1 fully saturated rings. The smallest absolute Gasteiger partial charge is 0.319 e. The number of carbonyl (C=O) groups excluding carboxylic acids is 1. The van der Waals surface area contributed by atoms with Gasteiger partial charge in [0, 0.05) is 31.4 Å². The van der Waals surface area contributed by atoms with Crippen molar-refractivity contribution in [2.45, 2.75) is 25.4 Å². The number of urea groups is 1. The van der Waals surface area contributed by atoms with E-state index in [2.05, 4.69) is 20.3 Å². The van der Waals surface area contributed by atoms with Crippen LogP contribution in [0.5, 0.6) is 17.2 Å². The number of amides is 2. The summed E-state index contributed by atoms with van der Waals surface area (Å²) in [5.74, 6) is 1.95. The molecule has 4 rings (SSSR count). The van der Waals surface area contributed by atoms with Crippen LogP contribution in [-0.2, 0) is 16.6 Å². The van der Waals surface area contributed by atoms with Gasteiger partial charge in [-0.25, -0.2) is 13.2 Å². The lowest BCUT2D eigenvalue weighted by Crippen LogP contribution is -2.45. The van der Waals surface area contributed by atoms with Gasteiger partial charge in [0.2, 0.25) is 10.0 Å². The SMILES string of the molecule is COc1ccccc1NC(=O)NC1CCN(Cc2ccc(Oc3ccc(NS(C)(=O)=O)cc3)cc2)CC1. The molecule has 196 valence electrons. The summed E-state index contributed by atoms with van der Waals surface area (Å²) < 4.78 is 36.2. The molecule has 0 radical (unpaired) electrons. The Balaban J connectivity index is 1.21. The molecule has 3 aromatic carbocycles. The highest BCUT2D eigenvalue weighted by Gasteiger charge is 2.21. The normalized spacial score (nSPS) is 14.5. The maximum atomic E-state index is 12.4. The first-order valence-corrected chi connectivity index (χ1v) is 13.9. The average molecular weight is 525 g/mol. The van der Waals surface area contributed by atoms with Gasteiger partial charge in [-0.2, -0.15) is 0 Å². The molecule has 2 amide bonds. The van der Waals surface area contributed by atoms with E-state index in [0.717, 1.165) is 38.7 Å². The molecule has 3 N–H and O–H groups in total. The fourth-order valence-corrected chi connectivity index (χ4v) is 4.75. The second kappa shape index (κ2) is 12.0. The molecule has 0 aliphatic carbocycles. The van der Waals surface area contributed by atoms with E-state index in [4.69, 9.17) is 9.47 Å². The summed E-state index contributed by atoms with van der Waals surface area (Å²) in [6, 6.07) is 21.9. The van der Waals surface area contributed by atoms with E-state index in [1.165, 1.54) is 5.56 Å². The van der Waals surface area contributed by atoms with Crippen molar-refractivity contribution in [3.63, 3.8) is 0 Å². The molecule has 0 bridgehead atoms. The zero-order chi connectivity index (χ0) is 26.3. The Morgan fingerprint density at radius 3 is 2.19 bits per heavy atom. The molecule has 1 heterocycles. The third-order valence-corrected chi connectivity index (χ3v) is 6.61. The van der Waals surface area contributed by atoms with Gasteiger partial charge in [0.25, 0.3) is 0 Å². The number of carbonyl (C=O) groups is 1. The van der Waals surface area contributed by atoms with Gasteiger partial charge < -0.3 is 20.1 Å². The molecule has 1 saturated heterocycles. The number of likely N-dealkylation sites (tertiary alicyclic amines) is 1. The number of benzene rings is 3. The summed E-state index contributed by atoms with van der Waals surface area (Å²) in [5.41, 5.74) is 2.31. The molecule has 0 aromatic heterocycles. The van der Waals surface area contributed by atoms with Crippen LogP contribution in [0.1, 0.15) is 18.4 Å². The zero-order valence-electron chi connectivity index (χ0n) is 20.9. The minimum absolute atomic E-state index is 0.126. The topological polar surface area (TPSA) is 109 Å². The van der Waals surface area contributed by atoms with Crippen LogP contribution in [0.15, 0.2) is 72.8 Å². The second-order valence-electron chi connectivity index (χ2n) is 8.99. The average Bonchev–Trinajstić information content (AvgIpc) is 2.87. The Hall–Kier alpha value is -3.76. The number of sulfonamides is 1. The van der Waals surface area contributed by atoms with Gasteiger partial charge in [0.05, 0.1) is 19.1 Å². The van der Waals surface area contributed by atoms with Crippen LogP contribution in [0.4, 0.5) is 16.2 Å². The highest BCUT2D eigenvalue weighted by molar-refractivity contribution is 7.92. The number of nitrogens with one attached hydrogen (secondary N) is 3. The molecule has 10 heteroatoms. The van der Waals surface area contributed by atoms with Crippen molar-refractivity contribution >= 4 is 27.4 Å². The van der Waals surface area contributed by atoms with Crippen molar-refractivity contribution in [3.8, 4) is 17.2 Å².